The predicted molar refractivity (Wildman–Crippen MR) is 158 cm³/mol. The molecule has 3 aromatic carbocycles. The second kappa shape index (κ2) is 12.8. The van der Waals surface area contributed by atoms with Gasteiger partial charge in [0.1, 0.15) is 22.9 Å². The maximum atomic E-state index is 13.9. The fraction of sp³-hybridized carbons (Fsp3) is 0.219. The largest absolute Gasteiger partial charge is 0.484 e. The molecule has 41 heavy (non-hydrogen) atoms. The molecular formula is C32H31N3O5S. The minimum Gasteiger partial charge on any atom is -0.484 e. The summed E-state index contributed by atoms with van der Waals surface area (Å²) in [6.45, 7) is -0.220. The molecule has 2 atom stereocenters. The zero-order valence-electron chi connectivity index (χ0n) is 22.8. The van der Waals surface area contributed by atoms with Crippen molar-refractivity contribution >= 4 is 29.5 Å². The van der Waals surface area contributed by atoms with E-state index in [9.17, 15) is 14.4 Å². The van der Waals surface area contributed by atoms with E-state index in [1.54, 1.807) is 12.1 Å². The molecule has 2 heterocycles. The molecule has 5 rings (SSSR count). The van der Waals surface area contributed by atoms with E-state index in [2.05, 4.69) is 5.32 Å². The van der Waals surface area contributed by atoms with Crippen molar-refractivity contribution < 1.29 is 23.9 Å². The molecule has 0 radical (unpaired) electrons. The highest BCUT2D eigenvalue weighted by Gasteiger charge is 2.54. The van der Waals surface area contributed by atoms with Crippen molar-refractivity contribution in [3.63, 3.8) is 0 Å². The molecule has 8 nitrogen and oxygen atoms in total. The number of carbonyl (C=O) groups is 3. The summed E-state index contributed by atoms with van der Waals surface area (Å²) in [5.41, 5.74) is 2.51. The molecule has 0 saturated carbocycles. The van der Waals surface area contributed by atoms with E-state index < -0.39 is 29.4 Å². The van der Waals surface area contributed by atoms with Crippen molar-refractivity contribution in [2.75, 3.05) is 26.5 Å². The first-order chi connectivity index (χ1) is 19.9. The first-order valence-corrected chi connectivity index (χ1v) is 14.3. The van der Waals surface area contributed by atoms with Crippen LogP contribution < -0.4 is 10.1 Å². The Morgan fingerprint density at radius 3 is 2.15 bits per heavy atom. The monoisotopic (exact) mass is 569 g/mol. The number of nitrogens with one attached hydrogen (secondary N) is 1. The molecule has 0 aliphatic carbocycles. The molecule has 1 saturated heterocycles. The van der Waals surface area contributed by atoms with Crippen molar-refractivity contribution in [2.45, 2.75) is 17.5 Å². The first-order valence-electron chi connectivity index (χ1n) is 13.2. The van der Waals surface area contributed by atoms with Gasteiger partial charge >= 0.3 is 5.97 Å². The molecule has 2 unspecified atom stereocenters. The Labute approximate surface area is 243 Å². The molecule has 1 fully saturated rings. The number of ether oxygens (including phenoxy) is 2. The minimum absolute atomic E-state index is 0.194. The van der Waals surface area contributed by atoms with Crippen LogP contribution in [0.2, 0.25) is 0 Å². The van der Waals surface area contributed by atoms with Crippen LogP contribution in [0.3, 0.4) is 0 Å². The van der Waals surface area contributed by atoms with E-state index in [0.717, 1.165) is 11.1 Å². The van der Waals surface area contributed by atoms with Gasteiger partial charge in [0.05, 0.1) is 0 Å². The normalized spacial score (nSPS) is 18.1. The number of para-hydroxylation sites is 1. The highest BCUT2D eigenvalue weighted by Crippen LogP contribution is 2.42. The summed E-state index contributed by atoms with van der Waals surface area (Å²) >= 11 is 1.49. The van der Waals surface area contributed by atoms with E-state index in [1.807, 2.05) is 110 Å². The number of nitrogens with zero attached hydrogens (tertiary/aromatic N) is 2. The smallest absolute Gasteiger partial charge is 0.356 e. The van der Waals surface area contributed by atoms with Crippen molar-refractivity contribution in [1.29, 1.82) is 0 Å². The van der Waals surface area contributed by atoms with Crippen LogP contribution in [0.15, 0.2) is 115 Å². The van der Waals surface area contributed by atoms with Crippen LogP contribution in [0.25, 0.3) is 0 Å². The zero-order valence-corrected chi connectivity index (χ0v) is 23.6. The third kappa shape index (κ3) is 6.47. The second-order valence-corrected chi connectivity index (χ2v) is 10.9. The number of hydrogen-bond donors (Lipinski definition) is 1. The summed E-state index contributed by atoms with van der Waals surface area (Å²) in [6, 6.07) is 27.2. The van der Waals surface area contributed by atoms with E-state index in [4.69, 9.17) is 9.47 Å². The number of amides is 2. The van der Waals surface area contributed by atoms with E-state index in [0.29, 0.717) is 17.1 Å². The maximum absolute atomic E-state index is 13.9. The molecule has 2 aliphatic heterocycles. The minimum atomic E-state index is -0.770. The van der Waals surface area contributed by atoms with Gasteiger partial charge in [0.2, 0.25) is 0 Å². The molecule has 2 amide bonds. The average Bonchev–Trinajstić information content (AvgIpc) is 3.01. The van der Waals surface area contributed by atoms with Crippen LogP contribution in [-0.2, 0) is 19.1 Å². The lowest BCUT2D eigenvalue weighted by atomic mass is 10.0. The number of esters is 1. The molecule has 210 valence electrons. The Hall–Kier alpha value is -4.50. The highest BCUT2D eigenvalue weighted by atomic mass is 32.2. The Kier molecular flexibility index (Phi) is 8.74. The van der Waals surface area contributed by atoms with Gasteiger partial charge in [-0.25, -0.2) is 4.79 Å². The Morgan fingerprint density at radius 2 is 1.56 bits per heavy atom. The molecule has 0 spiro atoms. The van der Waals surface area contributed by atoms with Crippen molar-refractivity contribution in [2.24, 2.45) is 0 Å². The van der Waals surface area contributed by atoms with Gasteiger partial charge in [0, 0.05) is 19.8 Å². The zero-order chi connectivity index (χ0) is 28.8. The SMILES string of the molecule is CN(C)/C=C/C1=C(C(=O)OC(c2ccccc2)c2ccccc2)N2C(=O)C(NC(=O)COc3ccccc3)C2SC1. The van der Waals surface area contributed by atoms with Crippen LogP contribution in [-0.4, -0.2) is 65.5 Å². The fourth-order valence-corrected chi connectivity index (χ4v) is 5.95. The summed E-state index contributed by atoms with van der Waals surface area (Å²) in [7, 11) is 3.76. The number of rotatable bonds is 10. The number of benzene rings is 3. The first kappa shape index (κ1) is 28.0. The standard InChI is InChI=1S/C32H31N3O5S/c1-34(2)19-18-24-21-41-31-27(33-26(36)20-39-25-16-10-5-11-17-25)30(37)35(31)28(24)32(38)40-29(22-12-6-3-7-13-22)23-14-8-4-9-15-23/h3-19,27,29,31H,20-21H2,1-2H3,(H,33,36)/b19-18+. The third-order valence-electron chi connectivity index (χ3n) is 6.62. The van der Waals surface area contributed by atoms with Crippen LogP contribution >= 0.6 is 11.8 Å². The fourth-order valence-electron chi connectivity index (χ4n) is 4.63. The molecule has 2 aliphatic rings. The number of thioether (sulfide) groups is 1. The van der Waals surface area contributed by atoms with E-state index >= 15 is 0 Å². The number of fused-ring (bicyclic) bond motifs is 1. The van der Waals surface area contributed by atoms with Crippen molar-refractivity contribution in [1.82, 2.24) is 15.1 Å². The number of hydrogen-bond acceptors (Lipinski definition) is 7. The quantitative estimate of drug-likeness (QED) is 0.290. The van der Waals surface area contributed by atoms with Gasteiger partial charge in [-0.05, 0) is 41.1 Å². The number of carbonyl (C=O) groups excluding carboxylic acids is 3. The Balaban J connectivity index is 1.37. The topological polar surface area (TPSA) is 88.2 Å². The molecule has 0 aromatic heterocycles. The number of β-lactam (4-membered cyclic amide) rings is 1. The van der Waals surface area contributed by atoms with Crippen molar-refractivity contribution in [3.8, 4) is 5.75 Å². The highest BCUT2D eigenvalue weighted by molar-refractivity contribution is 8.00. The van der Waals surface area contributed by atoms with Crippen LogP contribution in [0.4, 0.5) is 0 Å². The Bertz CT molecular complexity index is 1400. The summed E-state index contributed by atoms with van der Waals surface area (Å²) < 4.78 is 11.7. The molecule has 0 bridgehead atoms. The summed E-state index contributed by atoms with van der Waals surface area (Å²) in [4.78, 5) is 43.2. The molecule has 3 aromatic rings. The van der Waals surface area contributed by atoms with Gasteiger partial charge in [-0.15, -0.1) is 11.8 Å². The summed E-state index contributed by atoms with van der Waals surface area (Å²) in [5.74, 6) is -0.344. The third-order valence-corrected chi connectivity index (χ3v) is 7.93. The molecule has 9 heteroatoms. The Morgan fingerprint density at radius 1 is 0.976 bits per heavy atom. The van der Waals surface area contributed by atoms with Crippen molar-refractivity contribution in [3.05, 3.63) is 126 Å². The van der Waals surface area contributed by atoms with Crippen LogP contribution in [0.1, 0.15) is 17.2 Å². The van der Waals surface area contributed by atoms with E-state index in [1.165, 1.54) is 16.7 Å². The number of allylic oxidation sites excluding steroid dienone is 1. The van der Waals surface area contributed by atoms with Crippen LogP contribution in [0, 0.1) is 0 Å². The van der Waals surface area contributed by atoms with Gasteiger partial charge in [0.15, 0.2) is 12.7 Å². The van der Waals surface area contributed by atoms with Gasteiger partial charge in [-0.3, -0.25) is 14.5 Å². The molecule has 1 N–H and O–H groups in total. The average molecular weight is 570 g/mol. The predicted octanol–water partition coefficient (Wildman–Crippen LogP) is 4.13. The van der Waals surface area contributed by atoms with Gasteiger partial charge in [0.25, 0.3) is 11.8 Å². The van der Waals surface area contributed by atoms with Gasteiger partial charge in [-0.1, -0.05) is 78.9 Å². The summed E-state index contributed by atoms with van der Waals surface area (Å²) in [5, 5.41) is 2.34. The summed E-state index contributed by atoms with van der Waals surface area (Å²) in [6.07, 6.45) is 3.00. The van der Waals surface area contributed by atoms with Gasteiger partial charge < -0.3 is 19.7 Å². The van der Waals surface area contributed by atoms with Gasteiger partial charge in [-0.2, -0.15) is 0 Å². The second-order valence-electron chi connectivity index (χ2n) is 9.82. The lowest BCUT2D eigenvalue weighted by molar-refractivity contribution is -0.154. The maximum Gasteiger partial charge on any atom is 0.356 e. The van der Waals surface area contributed by atoms with Crippen LogP contribution in [0.5, 0.6) is 5.75 Å². The lowest BCUT2D eigenvalue weighted by Gasteiger charge is -2.49. The van der Waals surface area contributed by atoms with E-state index in [-0.39, 0.29) is 18.2 Å². The lowest BCUT2D eigenvalue weighted by Crippen LogP contribution is -2.70. The molecular weight excluding hydrogens is 538 g/mol.